The van der Waals surface area contributed by atoms with Crippen molar-refractivity contribution in [2.75, 3.05) is 6.61 Å². The van der Waals surface area contributed by atoms with Gasteiger partial charge in [0.25, 0.3) is 0 Å². The summed E-state index contributed by atoms with van der Waals surface area (Å²) in [6.07, 6.45) is 2.10. The van der Waals surface area contributed by atoms with Crippen LogP contribution < -0.4 is 10.6 Å². The number of hydrogen-bond donors (Lipinski definition) is 3. The van der Waals surface area contributed by atoms with Crippen molar-refractivity contribution in [3.63, 3.8) is 0 Å². The summed E-state index contributed by atoms with van der Waals surface area (Å²) >= 11 is 0. The van der Waals surface area contributed by atoms with Crippen molar-refractivity contribution in [2.24, 2.45) is 5.41 Å². The highest BCUT2D eigenvalue weighted by molar-refractivity contribution is 5.75. The average Bonchev–Trinajstić information content (AvgIpc) is 2.42. The van der Waals surface area contributed by atoms with Crippen LogP contribution in [0.3, 0.4) is 0 Å². The highest BCUT2D eigenvalue weighted by Crippen LogP contribution is 2.43. The minimum Gasteiger partial charge on any atom is -0.394 e. The van der Waals surface area contributed by atoms with Gasteiger partial charge in [0, 0.05) is 0 Å². The minimum atomic E-state index is -0.239. The summed E-state index contributed by atoms with van der Waals surface area (Å²) in [4.78, 5) is 12.0. The molecule has 1 unspecified atom stereocenters. The molecule has 0 saturated heterocycles. The first kappa shape index (κ1) is 14.9. The SMILES string of the molecule is C[C@@H](CO)NC(=O)NC1c2ccccc2CCC1(C)C. The molecular formula is C16H24N2O2. The maximum atomic E-state index is 12.0. The second-order valence-electron chi connectivity index (χ2n) is 6.32. The molecule has 20 heavy (non-hydrogen) atoms. The molecule has 0 bridgehead atoms. The molecule has 0 radical (unpaired) electrons. The molecule has 1 aromatic carbocycles. The lowest BCUT2D eigenvalue weighted by Gasteiger charge is -2.40. The molecule has 0 fully saturated rings. The van der Waals surface area contributed by atoms with E-state index in [0.29, 0.717) is 0 Å². The van der Waals surface area contributed by atoms with Crippen LogP contribution in [-0.2, 0) is 6.42 Å². The fourth-order valence-corrected chi connectivity index (χ4v) is 2.78. The molecule has 2 rings (SSSR count). The highest BCUT2D eigenvalue weighted by atomic mass is 16.3. The summed E-state index contributed by atoms with van der Waals surface area (Å²) < 4.78 is 0. The molecule has 1 aliphatic rings. The van der Waals surface area contributed by atoms with Crippen molar-refractivity contribution in [2.45, 2.75) is 45.7 Å². The van der Waals surface area contributed by atoms with Crippen LogP contribution in [0.5, 0.6) is 0 Å². The Hall–Kier alpha value is -1.55. The number of hydrogen-bond acceptors (Lipinski definition) is 2. The summed E-state index contributed by atoms with van der Waals surface area (Å²) in [6.45, 7) is 6.09. The highest BCUT2D eigenvalue weighted by Gasteiger charge is 2.36. The average molecular weight is 276 g/mol. The molecule has 4 nitrogen and oxygen atoms in total. The molecule has 2 atom stereocenters. The Balaban J connectivity index is 2.18. The van der Waals surface area contributed by atoms with Crippen molar-refractivity contribution in [3.05, 3.63) is 35.4 Å². The van der Waals surface area contributed by atoms with Gasteiger partial charge in [0.05, 0.1) is 18.7 Å². The van der Waals surface area contributed by atoms with Gasteiger partial charge in [-0.1, -0.05) is 38.1 Å². The van der Waals surface area contributed by atoms with Crippen LogP contribution in [0.1, 0.15) is 44.4 Å². The Labute approximate surface area is 120 Å². The molecule has 4 heteroatoms. The van der Waals surface area contributed by atoms with Gasteiger partial charge in [0.2, 0.25) is 0 Å². The molecule has 0 aliphatic heterocycles. The van der Waals surface area contributed by atoms with E-state index in [1.165, 1.54) is 11.1 Å². The van der Waals surface area contributed by atoms with Crippen molar-refractivity contribution >= 4 is 6.03 Å². The van der Waals surface area contributed by atoms with Crippen LogP contribution in [0.25, 0.3) is 0 Å². The number of aliphatic hydroxyl groups is 1. The van der Waals surface area contributed by atoms with E-state index in [4.69, 9.17) is 5.11 Å². The summed E-state index contributed by atoms with van der Waals surface area (Å²) in [6, 6.07) is 7.83. The van der Waals surface area contributed by atoms with Gasteiger partial charge >= 0.3 is 6.03 Å². The van der Waals surface area contributed by atoms with Gasteiger partial charge in [-0.05, 0) is 36.3 Å². The first-order valence-corrected chi connectivity index (χ1v) is 7.20. The topological polar surface area (TPSA) is 61.4 Å². The number of aryl methyl sites for hydroxylation is 1. The second kappa shape index (κ2) is 5.83. The van der Waals surface area contributed by atoms with Crippen molar-refractivity contribution in [1.82, 2.24) is 10.6 Å². The number of rotatable bonds is 3. The number of aliphatic hydroxyl groups excluding tert-OH is 1. The standard InChI is InChI=1S/C16H24N2O2/c1-11(10-19)17-15(20)18-14-13-7-5-4-6-12(13)8-9-16(14,2)3/h4-7,11,14,19H,8-10H2,1-3H3,(H2,17,18,20)/t11-,14?/m0/s1. The number of amides is 2. The normalized spacial score (nSPS) is 21.7. The lowest BCUT2D eigenvalue weighted by atomic mass is 9.70. The van der Waals surface area contributed by atoms with E-state index in [1.807, 2.05) is 12.1 Å². The first-order valence-electron chi connectivity index (χ1n) is 7.20. The third-order valence-electron chi connectivity index (χ3n) is 4.11. The van der Waals surface area contributed by atoms with E-state index in [1.54, 1.807) is 6.92 Å². The molecule has 0 aromatic heterocycles. The van der Waals surface area contributed by atoms with Crippen LogP contribution in [0, 0.1) is 5.41 Å². The Morgan fingerprint density at radius 2 is 2.15 bits per heavy atom. The number of carbonyl (C=O) groups excluding carboxylic acids is 1. The van der Waals surface area contributed by atoms with Crippen LogP contribution in [0.4, 0.5) is 4.79 Å². The molecule has 3 N–H and O–H groups in total. The second-order valence-corrected chi connectivity index (χ2v) is 6.32. The molecule has 110 valence electrons. The fraction of sp³-hybridized carbons (Fsp3) is 0.562. The molecule has 1 aliphatic carbocycles. The first-order chi connectivity index (χ1) is 9.44. The maximum Gasteiger partial charge on any atom is 0.315 e. The zero-order chi connectivity index (χ0) is 14.8. The Morgan fingerprint density at radius 3 is 2.85 bits per heavy atom. The Kier molecular flexibility index (Phi) is 4.33. The Morgan fingerprint density at radius 1 is 1.45 bits per heavy atom. The predicted octanol–water partition coefficient (Wildman–Crippen LogP) is 2.38. The third-order valence-corrected chi connectivity index (χ3v) is 4.11. The van der Waals surface area contributed by atoms with Gasteiger partial charge in [0.1, 0.15) is 0 Å². The van der Waals surface area contributed by atoms with Gasteiger partial charge in [-0.3, -0.25) is 0 Å². The van der Waals surface area contributed by atoms with Crippen LogP contribution >= 0.6 is 0 Å². The summed E-state index contributed by atoms with van der Waals surface area (Å²) in [5.41, 5.74) is 2.54. The maximum absolute atomic E-state index is 12.0. The van der Waals surface area contributed by atoms with Crippen molar-refractivity contribution in [3.8, 4) is 0 Å². The van der Waals surface area contributed by atoms with Gasteiger partial charge in [-0.15, -0.1) is 0 Å². The summed E-state index contributed by atoms with van der Waals surface area (Å²) in [5, 5.41) is 14.8. The van der Waals surface area contributed by atoms with Gasteiger partial charge in [-0.25, -0.2) is 4.79 Å². The number of fused-ring (bicyclic) bond motifs is 1. The van der Waals surface area contributed by atoms with Crippen molar-refractivity contribution < 1.29 is 9.90 Å². The largest absolute Gasteiger partial charge is 0.394 e. The monoisotopic (exact) mass is 276 g/mol. The number of urea groups is 1. The van der Waals surface area contributed by atoms with E-state index in [-0.39, 0.29) is 30.1 Å². The molecule has 0 spiro atoms. The fourth-order valence-electron chi connectivity index (χ4n) is 2.78. The predicted molar refractivity (Wildman–Crippen MR) is 79.5 cm³/mol. The van der Waals surface area contributed by atoms with E-state index in [9.17, 15) is 4.79 Å². The van der Waals surface area contributed by atoms with Gasteiger partial charge in [0.15, 0.2) is 0 Å². The Bertz CT molecular complexity index is 485. The minimum absolute atomic E-state index is 0.00153. The summed E-state index contributed by atoms with van der Waals surface area (Å²) in [5.74, 6) is 0. The smallest absolute Gasteiger partial charge is 0.315 e. The zero-order valence-corrected chi connectivity index (χ0v) is 12.4. The quantitative estimate of drug-likeness (QED) is 0.794. The van der Waals surface area contributed by atoms with Gasteiger partial charge in [-0.2, -0.15) is 0 Å². The lowest BCUT2D eigenvalue weighted by Crippen LogP contribution is -2.48. The van der Waals surface area contributed by atoms with Crippen LogP contribution in [0.2, 0.25) is 0 Å². The van der Waals surface area contributed by atoms with E-state index < -0.39 is 0 Å². The molecule has 0 saturated carbocycles. The summed E-state index contributed by atoms with van der Waals surface area (Å²) in [7, 11) is 0. The number of carbonyl (C=O) groups is 1. The molecule has 2 amide bonds. The van der Waals surface area contributed by atoms with Gasteiger partial charge < -0.3 is 15.7 Å². The number of benzene rings is 1. The molecule has 1 aromatic rings. The molecular weight excluding hydrogens is 252 g/mol. The lowest BCUT2D eigenvalue weighted by molar-refractivity contribution is 0.187. The number of nitrogens with one attached hydrogen (secondary N) is 2. The molecule has 0 heterocycles. The van der Waals surface area contributed by atoms with E-state index >= 15 is 0 Å². The van der Waals surface area contributed by atoms with Crippen LogP contribution in [0.15, 0.2) is 24.3 Å². The van der Waals surface area contributed by atoms with Crippen molar-refractivity contribution in [1.29, 1.82) is 0 Å². The van der Waals surface area contributed by atoms with Crippen LogP contribution in [-0.4, -0.2) is 23.8 Å². The third kappa shape index (κ3) is 3.12. The van der Waals surface area contributed by atoms with E-state index in [0.717, 1.165) is 12.8 Å². The van der Waals surface area contributed by atoms with E-state index in [2.05, 4.69) is 36.6 Å². The zero-order valence-electron chi connectivity index (χ0n) is 12.4.